The van der Waals surface area contributed by atoms with E-state index < -0.39 is 5.97 Å². The Bertz CT molecular complexity index is 842. The number of methoxy groups -OCH3 is 1. The molecule has 0 fully saturated rings. The van der Waals surface area contributed by atoms with Crippen molar-refractivity contribution in [3.63, 3.8) is 0 Å². The number of aromatic nitrogens is 1. The zero-order valence-electron chi connectivity index (χ0n) is 10.9. The molecule has 0 saturated heterocycles. The lowest BCUT2D eigenvalue weighted by molar-refractivity contribution is 0.0601. The van der Waals surface area contributed by atoms with Crippen LogP contribution in [-0.4, -0.2) is 18.1 Å². The first kappa shape index (κ1) is 13.9. The van der Waals surface area contributed by atoms with Crippen molar-refractivity contribution in [1.29, 1.82) is 0 Å². The zero-order chi connectivity index (χ0) is 15.0. The molecule has 0 N–H and O–H groups in total. The van der Waals surface area contributed by atoms with Crippen molar-refractivity contribution < 1.29 is 13.9 Å². The summed E-state index contributed by atoms with van der Waals surface area (Å²) in [6.07, 6.45) is 0. The highest BCUT2D eigenvalue weighted by atomic mass is 35.5. The molecule has 3 rings (SSSR count). The molecule has 0 aliphatic carbocycles. The number of hydrogen-bond donors (Lipinski definition) is 0. The first-order chi connectivity index (χ1) is 10.1. The number of benzene rings is 2. The molecule has 0 bridgehead atoms. The Hall–Kier alpha value is -2.04. The van der Waals surface area contributed by atoms with Gasteiger partial charge in [-0.1, -0.05) is 23.2 Å². The SMILES string of the molecule is COC(=O)c1ccc2oc(-c3cc(Cl)ccc3Cl)nc2c1. The quantitative estimate of drug-likeness (QED) is 0.648. The van der Waals surface area contributed by atoms with Gasteiger partial charge in [0.1, 0.15) is 5.52 Å². The smallest absolute Gasteiger partial charge is 0.337 e. The van der Waals surface area contributed by atoms with E-state index in [1.807, 2.05) is 0 Å². The lowest BCUT2D eigenvalue weighted by atomic mass is 10.2. The molecule has 0 unspecified atom stereocenters. The minimum Gasteiger partial charge on any atom is -0.465 e. The Kier molecular flexibility index (Phi) is 3.57. The first-order valence-electron chi connectivity index (χ1n) is 6.03. The third-order valence-electron chi connectivity index (χ3n) is 2.97. The summed E-state index contributed by atoms with van der Waals surface area (Å²) in [5.41, 5.74) is 2.10. The lowest BCUT2D eigenvalue weighted by Crippen LogP contribution is -2.00. The van der Waals surface area contributed by atoms with Gasteiger partial charge in [0.05, 0.1) is 23.3 Å². The Morgan fingerprint density at radius 1 is 1.19 bits per heavy atom. The van der Waals surface area contributed by atoms with Crippen LogP contribution in [0.1, 0.15) is 10.4 Å². The highest BCUT2D eigenvalue weighted by Crippen LogP contribution is 2.32. The van der Waals surface area contributed by atoms with E-state index in [1.165, 1.54) is 7.11 Å². The standard InChI is InChI=1S/C15H9Cl2NO3/c1-20-15(19)8-2-5-13-12(6-8)18-14(21-13)10-7-9(16)3-4-11(10)17/h2-7H,1H3. The fourth-order valence-electron chi connectivity index (χ4n) is 1.95. The molecule has 3 aromatic rings. The molecule has 0 atom stereocenters. The maximum Gasteiger partial charge on any atom is 0.337 e. The largest absolute Gasteiger partial charge is 0.465 e. The van der Waals surface area contributed by atoms with Crippen LogP contribution in [0.5, 0.6) is 0 Å². The lowest BCUT2D eigenvalue weighted by Gasteiger charge is -1.99. The van der Waals surface area contributed by atoms with Crippen LogP contribution in [0.2, 0.25) is 10.0 Å². The second kappa shape index (κ2) is 5.39. The third kappa shape index (κ3) is 2.60. The van der Waals surface area contributed by atoms with E-state index in [0.29, 0.717) is 38.2 Å². The Morgan fingerprint density at radius 3 is 2.76 bits per heavy atom. The van der Waals surface area contributed by atoms with Crippen LogP contribution in [-0.2, 0) is 4.74 Å². The molecule has 106 valence electrons. The molecular weight excluding hydrogens is 313 g/mol. The van der Waals surface area contributed by atoms with Gasteiger partial charge in [-0.2, -0.15) is 0 Å². The van der Waals surface area contributed by atoms with Crippen LogP contribution in [0, 0.1) is 0 Å². The highest BCUT2D eigenvalue weighted by molar-refractivity contribution is 6.35. The van der Waals surface area contributed by atoms with Gasteiger partial charge in [-0.25, -0.2) is 9.78 Å². The summed E-state index contributed by atoms with van der Waals surface area (Å²) in [4.78, 5) is 15.9. The van der Waals surface area contributed by atoms with E-state index in [-0.39, 0.29) is 0 Å². The first-order valence-corrected chi connectivity index (χ1v) is 6.78. The van der Waals surface area contributed by atoms with Gasteiger partial charge in [0, 0.05) is 5.02 Å². The number of oxazole rings is 1. The topological polar surface area (TPSA) is 52.3 Å². The van der Waals surface area contributed by atoms with Crippen LogP contribution in [0.25, 0.3) is 22.6 Å². The molecule has 1 aromatic heterocycles. The minimum absolute atomic E-state index is 0.347. The van der Waals surface area contributed by atoms with Crippen molar-refractivity contribution in [3.05, 3.63) is 52.0 Å². The maximum absolute atomic E-state index is 11.5. The molecule has 2 aromatic carbocycles. The van der Waals surface area contributed by atoms with E-state index in [4.69, 9.17) is 27.6 Å². The number of halogens is 2. The van der Waals surface area contributed by atoms with Crippen molar-refractivity contribution in [3.8, 4) is 11.5 Å². The van der Waals surface area contributed by atoms with Gasteiger partial charge in [0.25, 0.3) is 0 Å². The minimum atomic E-state index is -0.428. The number of carbonyl (C=O) groups excluding carboxylic acids is 1. The summed E-state index contributed by atoms with van der Waals surface area (Å²) >= 11 is 12.1. The van der Waals surface area contributed by atoms with Crippen LogP contribution in [0.15, 0.2) is 40.8 Å². The second-order valence-electron chi connectivity index (χ2n) is 4.32. The van der Waals surface area contributed by atoms with E-state index in [1.54, 1.807) is 36.4 Å². The van der Waals surface area contributed by atoms with Gasteiger partial charge in [-0.15, -0.1) is 0 Å². The number of rotatable bonds is 2. The molecule has 0 aliphatic heterocycles. The van der Waals surface area contributed by atoms with E-state index >= 15 is 0 Å². The number of ether oxygens (including phenoxy) is 1. The van der Waals surface area contributed by atoms with Crippen LogP contribution in [0.3, 0.4) is 0 Å². The average molecular weight is 322 g/mol. The molecule has 21 heavy (non-hydrogen) atoms. The fourth-order valence-corrected chi connectivity index (χ4v) is 2.32. The summed E-state index contributed by atoms with van der Waals surface area (Å²) in [6.45, 7) is 0. The number of hydrogen-bond acceptors (Lipinski definition) is 4. The van der Waals surface area contributed by atoms with Crippen molar-refractivity contribution in [1.82, 2.24) is 4.98 Å². The maximum atomic E-state index is 11.5. The molecule has 0 spiro atoms. The average Bonchev–Trinajstić information content (AvgIpc) is 2.91. The Labute approximate surface area is 130 Å². The number of esters is 1. The monoisotopic (exact) mass is 321 g/mol. The normalized spacial score (nSPS) is 10.8. The Balaban J connectivity index is 2.13. The summed E-state index contributed by atoms with van der Waals surface area (Å²) in [7, 11) is 1.33. The summed E-state index contributed by atoms with van der Waals surface area (Å²) < 4.78 is 10.3. The molecule has 0 amide bonds. The van der Waals surface area contributed by atoms with Gasteiger partial charge < -0.3 is 9.15 Å². The van der Waals surface area contributed by atoms with Gasteiger partial charge in [-0.3, -0.25) is 0 Å². The fraction of sp³-hybridized carbons (Fsp3) is 0.0667. The molecule has 0 saturated carbocycles. The van der Waals surface area contributed by atoms with Gasteiger partial charge >= 0.3 is 5.97 Å². The van der Waals surface area contributed by atoms with Gasteiger partial charge in [0.2, 0.25) is 5.89 Å². The summed E-state index contributed by atoms with van der Waals surface area (Å²) in [5, 5.41) is 1.02. The van der Waals surface area contributed by atoms with Gasteiger partial charge in [-0.05, 0) is 36.4 Å². The van der Waals surface area contributed by atoms with Crippen LogP contribution < -0.4 is 0 Å². The molecule has 0 radical (unpaired) electrons. The van der Waals surface area contributed by atoms with Gasteiger partial charge in [0.15, 0.2) is 5.58 Å². The van der Waals surface area contributed by atoms with E-state index in [9.17, 15) is 4.79 Å². The molecule has 6 heteroatoms. The number of nitrogens with zero attached hydrogens (tertiary/aromatic N) is 1. The van der Waals surface area contributed by atoms with Crippen LogP contribution in [0.4, 0.5) is 0 Å². The zero-order valence-corrected chi connectivity index (χ0v) is 12.4. The second-order valence-corrected chi connectivity index (χ2v) is 5.16. The van der Waals surface area contributed by atoms with Crippen LogP contribution >= 0.6 is 23.2 Å². The van der Waals surface area contributed by atoms with E-state index in [0.717, 1.165) is 0 Å². The third-order valence-corrected chi connectivity index (χ3v) is 3.53. The summed E-state index contributed by atoms with van der Waals surface area (Å²) in [5.74, 6) is -0.0817. The molecule has 0 aliphatic rings. The molecule has 4 nitrogen and oxygen atoms in total. The predicted molar refractivity (Wildman–Crippen MR) is 80.8 cm³/mol. The van der Waals surface area contributed by atoms with Crippen molar-refractivity contribution in [2.24, 2.45) is 0 Å². The highest BCUT2D eigenvalue weighted by Gasteiger charge is 2.14. The number of fused-ring (bicyclic) bond motifs is 1. The van der Waals surface area contributed by atoms with Crippen molar-refractivity contribution >= 4 is 40.3 Å². The molecular formula is C15H9Cl2NO3. The van der Waals surface area contributed by atoms with Crippen molar-refractivity contribution in [2.75, 3.05) is 7.11 Å². The van der Waals surface area contributed by atoms with E-state index in [2.05, 4.69) is 9.72 Å². The summed E-state index contributed by atoms with van der Waals surface area (Å²) in [6, 6.07) is 9.92. The molecule has 1 heterocycles. The predicted octanol–water partition coefficient (Wildman–Crippen LogP) is 4.59. The Morgan fingerprint density at radius 2 is 2.00 bits per heavy atom. The van der Waals surface area contributed by atoms with Crippen molar-refractivity contribution in [2.45, 2.75) is 0 Å². The number of carbonyl (C=O) groups is 1.